The summed E-state index contributed by atoms with van der Waals surface area (Å²) < 4.78 is 59.2. The molecule has 4 fully saturated rings. The Bertz CT molecular complexity index is 1330. The largest absolute Gasteiger partial charge is 0.469 e. The van der Waals surface area contributed by atoms with E-state index in [1.807, 2.05) is 0 Å². The van der Waals surface area contributed by atoms with E-state index in [4.69, 9.17) is 52.8 Å². The first-order chi connectivity index (χ1) is 28.1. The summed E-state index contributed by atoms with van der Waals surface area (Å²) >= 11 is 0. The van der Waals surface area contributed by atoms with Crippen molar-refractivity contribution in [3.8, 4) is 0 Å². The quantitative estimate of drug-likeness (QED) is 0.0535. The molecule has 0 saturated carbocycles. The number of phosphoric acid groups is 1. The van der Waals surface area contributed by atoms with Gasteiger partial charge in [-0.2, -0.15) is 0 Å². The van der Waals surface area contributed by atoms with Crippen LogP contribution in [0.2, 0.25) is 0 Å². The van der Waals surface area contributed by atoms with Gasteiger partial charge in [-0.15, -0.1) is 0 Å². The first-order valence-electron chi connectivity index (χ1n) is 18.3. The van der Waals surface area contributed by atoms with Crippen LogP contribution in [0.25, 0.3) is 0 Å². The first kappa shape index (κ1) is 51.7. The van der Waals surface area contributed by atoms with Gasteiger partial charge in [-0.3, -0.25) is 4.52 Å². The van der Waals surface area contributed by atoms with Crippen molar-refractivity contribution in [2.45, 2.75) is 147 Å². The van der Waals surface area contributed by atoms with Crippen LogP contribution in [0.5, 0.6) is 0 Å². The van der Waals surface area contributed by atoms with E-state index < -0.39 is 195 Å². The van der Waals surface area contributed by atoms with Gasteiger partial charge >= 0.3 is 7.82 Å². The molecule has 354 valence electrons. The average molecular weight is 911 g/mol. The average Bonchev–Trinajstić information content (AvgIpc) is 3.21. The van der Waals surface area contributed by atoms with Gasteiger partial charge in [0.15, 0.2) is 25.2 Å². The van der Waals surface area contributed by atoms with Crippen molar-refractivity contribution in [3.05, 3.63) is 0 Å². The lowest BCUT2D eigenvalue weighted by molar-refractivity contribution is -0.392. The Morgan fingerprint density at radius 2 is 0.850 bits per heavy atom. The topological polar surface area (TPSA) is 485 Å². The van der Waals surface area contributed by atoms with Crippen LogP contribution in [0.15, 0.2) is 0 Å². The maximum Gasteiger partial charge on any atom is 0.469 e. The molecule has 24 atom stereocenters. The molecule has 0 aromatic carbocycles. The molecule has 30 heteroatoms. The molecule has 4 heterocycles. The number of ether oxygens (including phenoxy) is 8. The van der Waals surface area contributed by atoms with E-state index >= 15 is 0 Å². The predicted molar refractivity (Wildman–Crippen MR) is 180 cm³/mol. The fraction of sp³-hybridized carbons (Fsp3) is 1.00. The van der Waals surface area contributed by atoms with E-state index in [2.05, 4.69) is 4.52 Å². The summed E-state index contributed by atoms with van der Waals surface area (Å²) in [5, 5.41) is 177. The lowest BCUT2D eigenvalue weighted by atomic mass is 9.95. The normalized spacial score (nSPS) is 45.2. The fourth-order valence-electron chi connectivity index (χ4n) is 6.74. The van der Waals surface area contributed by atoms with Crippen molar-refractivity contribution < 1.29 is 144 Å². The number of hydrogen-bond donors (Lipinski definition) is 19. The monoisotopic (exact) mass is 910 g/mol. The molecule has 0 unspecified atom stereocenters. The third-order valence-electron chi connectivity index (χ3n) is 10.2. The molecule has 0 spiro atoms. The van der Waals surface area contributed by atoms with Gasteiger partial charge in [0.25, 0.3) is 0 Å². The van der Waals surface area contributed by atoms with Gasteiger partial charge < -0.3 is 134 Å². The van der Waals surface area contributed by atoms with Gasteiger partial charge in [0.2, 0.25) is 0 Å². The molecule has 0 bridgehead atoms. The van der Waals surface area contributed by atoms with Crippen molar-refractivity contribution >= 4 is 7.82 Å². The summed E-state index contributed by atoms with van der Waals surface area (Å²) in [6, 6.07) is 0. The van der Waals surface area contributed by atoms with Gasteiger partial charge in [-0.25, -0.2) is 4.57 Å². The predicted octanol–water partition coefficient (Wildman–Crippen LogP) is -12.2. The van der Waals surface area contributed by atoms with E-state index in [1.54, 1.807) is 0 Å². The van der Waals surface area contributed by atoms with E-state index in [-0.39, 0.29) is 0 Å². The number of rotatable bonds is 19. The third kappa shape index (κ3) is 11.9. The van der Waals surface area contributed by atoms with E-state index in [0.29, 0.717) is 0 Å². The lowest BCUT2D eigenvalue weighted by Gasteiger charge is -2.49. The van der Waals surface area contributed by atoms with Crippen molar-refractivity contribution in [3.63, 3.8) is 0 Å². The van der Waals surface area contributed by atoms with Crippen molar-refractivity contribution in [1.82, 2.24) is 0 Å². The Morgan fingerprint density at radius 3 is 1.23 bits per heavy atom. The summed E-state index contributed by atoms with van der Waals surface area (Å²) in [6.45, 7) is -6.23. The summed E-state index contributed by atoms with van der Waals surface area (Å²) in [4.78, 5) is 18.1. The molecule has 0 aromatic heterocycles. The Hall–Kier alpha value is -0.890. The minimum Gasteiger partial charge on any atom is -0.394 e. The minimum absolute atomic E-state index is 0.994. The second kappa shape index (κ2) is 22.3. The SMILES string of the molecule is O=P(O)(O)OC[C@H]1O[C@H](O[C@@H]2[C@H](O)[C@@H](O[C@@H]3[C@H](O)[C@@H](O[C@@H]4[C@H](O)[C@@H](O[C@H](CO)[C@@H](O)[C@H](O)[C@H](O)CO)O[C@H](CO)[C@H]4O)O[C@H](CO)[C@H]3O)O[C@H](CO)[C@H]2O)[C@@H](O)[C@@H](O)[C@@H]1O. The van der Waals surface area contributed by atoms with E-state index in [0.717, 1.165) is 0 Å². The van der Waals surface area contributed by atoms with Crippen LogP contribution in [0.4, 0.5) is 0 Å². The van der Waals surface area contributed by atoms with Crippen molar-refractivity contribution in [1.29, 1.82) is 0 Å². The maximum atomic E-state index is 11.4. The van der Waals surface area contributed by atoms with Crippen LogP contribution in [0, 0.1) is 0 Å². The summed E-state index contributed by atoms with van der Waals surface area (Å²) in [5.74, 6) is 0. The zero-order chi connectivity index (χ0) is 45.0. The standard InChI is InChI=1S/C30H55O29P/c31-1-7(36)13(37)14(38)8(2-32)52-28-21(45)24(16(40)9(3-33)53-28)58-30-23(47)26(18(42)11(5-35)55-30)59-29-22(46)25(17(41)10(4-34)54-29)57-27-20(44)19(43)15(39)12(56-27)6-51-60(48,49)50/h7-47H,1-6H2,(H2,48,49,50)/t7-,8-,9-,10-,11-,12-,13-,14-,15-,16-,17-,18-,19+,20+,21+,22+,23+,24+,25+,26+,27-,28+,29-,30-/m1/s1. The Labute approximate surface area is 338 Å². The van der Waals surface area contributed by atoms with Gasteiger partial charge in [-0.1, -0.05) is 0 Å². The van der Waals surface area contributed by atoms with Crippen molar-refractivity contribution in [2.24, 2.45) is 0 Å². The third-order valence-corrected chi connectivity index (χ3v) is 10.7. The molecular weight excluding hydrogens is 855 g/mol. The van der Waals surface area contributed by atoms with Crippen molar-refractivity contribution in [2.75, 3.05) is 39.6 Å². The van der Waals surface area contributed by atoms with Gasteiger partial charge in [-0.05, 0) is 0 Å². The maximum absolute atomic E-state index is 11.4. The second-order valence-corrected chi connectivity index (χ2v) is 15.6. The van der Waals surface area contributed by atoms with Crippen LogP contribution in [0.1, 0.15) is 0 Å². The van der Waals surface area contributed by atoms with Crippen LogP contribution in [-0.2, 0) is 47.0 Å². The zero-order valence-corrected chi connectivity index (χ0v) is 32.0. The van der Waals surface area contributed by atoms with E-state index in [9.17, 15) is 86.3 Å². The molecule has 60 heavy (non-hydrogen) atoms. The number of hydrogen-bond acceptors (Lipinski definition) is 27. The summed E-state index contributed by atoms with van der Waals surface area (Å²) in [5.41, 5.74) is 0. The molecular formula is C30H55O29P. The van der Waals surface area contributed by atoms with Gasteiger partial charge in [0.1, 0.15) is 122 Å². The molecule has 4 aliphatic heterocycles. The first-order valence-corrected chi connectivity index (χ1v) is 19.8. The minimum atomic E-state index is -5.14. The summed E-state index contributed by atoms with van der Waals surface area (Å²) in [6.07, 6.45) is -48.3. The molecule has 0 aromatic rings. The molecule has 19 N–H and O–H groups in total. The highest BCUT2D eigenvalue weighted by Gasteiger charge is 2.56. The highest BCUT2D eigenvalue weighted by atomic mass is 31.2. The molecule has 0 radical (unpaired) electrons. The van der Waals surface area contributed by atoms with Crippen LogP contribution >= 0.6 is 7.82 Å². The molecule has 0 aliphatic carbocycles. The fourth-order valence-corrected chi connectivity index (χ4v) is 7.08. The molecule has 0 amide bonds. The number of aliphatic hydroxyl groups is 17. The van der Waals surface area contributed by atoms with Crippen LogP contribution in [0.3, 0.4) is 0 Å². The number of phosphoric ester groups is 1. The Balaban J connectivity index is 1.54. The second-order valence-electron chi connectivity index (χ2n) is 14.3. The highest BCUT2D eigenvalue weighted by molar-refractivity contribution is 7.46. The van der Waals surface area contributed by atoms with Gasteiger partial charge in [0, 0.05) is 0 Å². The van der Waals surface area contributed by atoms with Gasteiger partial charge in [0.05, 0.1) is 39.6 Å². The lowest BCUT2D eigenvalue weighted by Crippen LogP contribution is -2.68. The molecule has 4 rings (SSSR count). The zero-order valence-electron chi connectivity index (χ0n) is 31.1. The number of aliphatic hydroxyl groups excluding tert-OH is 17. The smallest absolute Gasteiger partial charge is 0.394 e. The Morgan fingerprint density at radius 1 is 0.467 bits per heavy atom. The van der Waals surface area contributed by atoms with Crippen LogP contribution in [-0.4, -0.2) is 283 Å². The molecule has 4 aliphatic rings. The molecule has 29 nitrogen and oxygen atoms in total. The summed E-state index contributed by atoms with van der Waals surface area (Å²) in [7, 11) is -5.14. The van der Waals surface area contributed by atoms with E-state index in [1.165, 1.54) is 0 Å². The molecule has 4 saturated heterocycles. The highest BCUT2D eigenvalue weighted by Crippen LogP contribution is 2.38. The van der Waals surface area contributed by atoms with Crippen LogP contribution < -0.4 is 0 Å². The Kier molecular flexibility index (Phi) is 19.3.